The zero-order valence-corrected chi connectivity index (χ0v) is 14.0. The second-order valence-electron chi connectivity index (χ2n) is 4.70. The lowest BCUT2D eigenvalue weighted by molar-refractivity contribution is -0.137. The maximum absolute atomic E-state index is 12.8. The van der Waals surface area contributed by atoms with E-state index in [4.69, 9.17) is 16.3 Å². The Morgan fingerprint density at radius 2 is 1.75 bits per heavy atom. The summed E-state index contributed by atoms with van der Waals surface area (Å²) in [5, 5.41) is -0.567. The first kappa shape index (κ1) is 18.4. The number of halogens is 4. The Labute approximate surface area is 142 Å². The normalized spacial score (nSPS) is 12.0. The molecule has 0 aliphatic carbocycles. The summed E-state index contributed by atoms with van der Waals surface area (Å²) >= 11 is 5.49. The van der Waals surface area contributed by atoms with E-state index >= 15 is 0 Å². The van der Waals surface area contributed by atoms with Crippen molar-refractivity contribution in [3.05, 3.63) is 53.1 Å². The molecular formula is C15H13ClF3NO3S. The molecule has 0 radical (unpaired) electrons. The molecule has 0 aliphatic rings. The van der Waals surface area contributed by atoms with Gasteiger partial charge < -0.3 is 4.74 Å². The molecule has 0 unspecified atom stereocenters. The molecule has 0 bridgehead atoms. The SMILES string of the molecule is CCOc1ccc(NS(=O)(=O)c2ccc(Cl)c(C(F)(F)F)c2)cc1. The molecule has 4 nitrogen and oxygen atoms in total. The van der Waals surface area contributed by atoms with E-state index in [9.17, 15) is 21.6 Å². The molecule has 0 saturated carbocycles. The maximum atomic E-state index is 12.8. The van der Waals surface area contributed by atoms with Gasteiger partial charge in [-0.3, -0.25) is 4.72 Å². The summed E-state index contributed by atoms with van der Waals surface area (Å²) in [5.74, 6) is 0.547. The summed E-state index contributed by atoms with van der Waals surface area (Å²) in [7, 11) is -4.19. The van der Waals surface area contributed by atoms with Crippen molar-refractivity contribution in [2.45, 2.75) is 18.0 Å². The maximum Gasteiger partial charge on any atom is 0.417 e. The minimum absolute atomic E-state index is 0.196. The van der Waals surface area contributed by atoms with Crippen LogP contribution in [0.25, 0.3) is 0 Å². The molecule has 2 aromatic carbocycles. The van der Waals surface area contributed by atoms with Crippen LogP contribution in [0.1, 0.15) is 12.5 Å². The lowest BCUT2D eigenvalue weighted by Crippen LogP contribution is -2.15. The minimum atomic E-state index is -4.75. The zero-order valence-electron chi connectivity index (χ0n) is 12.4. The molecule has 0 saturated heterocycles. The van der Waals surface area contributed by atoms with Crippen molar-refractivity contribution in [2.24, 2.45) is 0 Å². The molecule has 0 atom stereocenters. The average Bonchev–Trinajstić information content (AvgIpc) is 2.48. The van der Waals surface area contributed by atoms with Gasteiger partial charge in [0.2, 0.25) is 0 Å². The highest BCUT2D eigenvalue weighted by Crippen LogP contribution is 2.36. The van der Waals surface area contributed by atoms with E-state index in [1.165, 1.54) is 12.1 Å². The van der Waals surface area contributed by atoms with Crippen molar-refractivity contribution in [1.29, 1.82) is 0 Å². The van der Waals surface area contributed by atoms with Gasteiger partial charge in [0, 0.05) is 5.69 Å². The van der Waals surface area contributed by atoms with Crippen molar-refractivity contribution >= 4 is 27.3 Å². The average molecular weight is 380 g/mol. The zero-order chi connectivity index (χ0) is 18.0. The van der Waals surface area contributed by atoms with Crippen molar-refractivity contribution in [2.75, 3.05) is 11.3 Å². The summed E-state index contributed by atoms with van der Waals surface area (Å²) in [6.07, 6.45) is -4.75. The Hall–Kier alpha value is -1.93. The lowest BCUT2D eigenvalue weighted by atomic mass is 10.2. The number of rotatable bonds is 5. The van der Waals surface area contributed by atoms with E-state index in [0.29, 0.717) is 18.4 Å². The first-order chi connectivity index (χ1) is 11.1. The fourth-order valence-electron chi connectivity index (χ4n) is 1.89. The van der Waals surface area contributed by atoms with Crippen LogP contribution in [0.5, 0.6) is 5.75 Å². The van der Waals surface area contributed by atoms with Crippen LogP contribution in [-0.2, 0) is 16.2 Å². The molecule has 0 fully saturated rings. The van der Waals surface area contributed by atoms with Crippen LogP contribution in [0, 0.1) is 0 Å². The van der Waals surface area contributed by atoms with E-state index in [0.717, 1.165) is 12.1 Å². The van der Waals surface area contributed by atoms with E-state index in [1.807, 2.05) is 0 Å². The molecule has 24 heavy (non-hydrogen) atoms. The van der Waals surface area contributed by atoms with Gasteiger partial charge in [0.25, 0.3) is 10.0 Å². The topological polar surface area (TPSA) is 55.4 Å². The van der Waals surface area contributed by atoms with Gasteiger partial charge in [0.05, 0.1) is 22.1 Å². The molecule has 1 N–H and O–H groups in total. The predicted molar refractivity (Wildman–Crippen MR) is 84.9 cm³/mol. The van der Waals surface area contributed by atoms with Crippen LogP contribution in [0.2, 0.25) is 5.02 Å². The second-order valence-corrected chi connectivity index (χ2v) is 6.79. The number of hydrogen-bond acceptors (Lipinski definition) is 3. The molecule has 0 aliphatic heterocycles. The smallest absolute Gasteiger partial charge is 0.417 e. The first-order valence-corrected chi connectivity index (χ1v) is 8.62. The number of nitrogens with one attached hydrogen (secondary N) is 1. The van der Waals surface area contributed by atoms with E-state index in [1.54, 1.807) is 19.1 Å². The van der Waals surface area contributed by atoms with Gasteiger partial charge in [-0.25, -0.2) is 8.42 Å². The summed E-state index contributed by atoms with van der Waals surface area (Å²) in [5.41, 5.74) is -1.01. The number of hydrogen-bond donors (Lipinski definition) is 1. The Morgan fingerprint density at radius 3 is 2.29 bits per heavy atom. The minimum Gasteiger partial charge on any atom is -0.494 e. The number of anilines is 1. The molecule has 0 aromatic heterocycles. The molecule has 0 amide bonds. The third-order valence-electron chi connectivity index (χ3n) is 2.97. The van der Waals surface area contributed by atoms with E-state index < -0.39 is 31.7 Å². The summed E-state index contributed by atoms with van der Waals surface area (Å²) in [6.45, 7) is 2.26. The molecule has 130 valence electrons. The molecule has 2 rings (SSSR count). The van der Waals surface area contributed by atoms with Crippen molar-refractivity contribution in [3.63, 3.8) is 0 Å². The van der Waals surface area contributed by atoms with Gasteiger partial charge in [-0.15, -0.1) is 0 Å². The number of ether oxygens (including phenoxy) is 1. The van der Waals surface area contributed by atoms with Crippen molar-refractivity contribution in [1.82, 2.24) is 0 Å². The molecule has 0 spiro atoms. The fraction of sp³-hybridized carbons (Fsp3) is 0.200. The highest BCUT2D eigenvalue weighted by molar-refractivity contribution is 7.92. The van der Waals surface area contributed by atoms with Crippen LogP contribution >= 0.6 is 11.6 Å². The highest BCUT2D eigenvalue weighted by Gasteiger charge is 2.34. The lowest BCUT2D eigenvalue weighted by Gasteiger charge is -2.13. The van der Waals surface area contributed by atoms with Crippen molar-refractivity contribution in [3.8, 4) is 5.75 Å². The molecule has 2 aromatic rings. The van der Waals surface area contributed by atoms with Crippen LogP contribution in [0.3, 0.4) is 0 Å². The Balaban J connectivity index is 2.30. The largest absolute Gasteiger partial charge is 0.494 e. The van der Waals surface area contributed by atoms with Gasteiger partial charge in [0.15, 0.2) is 0 Å². The van der Waals surface area contributed by atoms with Crippen LogP contribution in [0.4, 0.5) is 18.9 Å². The van der Waals surface area contributed by atoms with Crippen LogP contribution < -0.4 is 9.46 Å². The molecular weight excluding hydrogens is 367 g/mol. The number of benzene rings is 2. The highest BCUT2D eigenvalue weighted by atomic mass is 35.5. The predicted octanol–water partition coefficient (Wildman–Crippen LogP) is 4.56. The van der Waals surface area contributed by atoms with E-state index in [2.05, 4.69) is 4.72 Å². The number of sulfonamides is 1. The third-order valence-corrected chi connectivity index (χ3v) is 4.68. The quantitative estimate of drug-likeness (QED) is 0.828. The Bertz CT molecular complexity index is 821. The van der Waals surface area contributed by atoms with Gasteiger partial charge in [0.1, 0.15) is 5.75 Å². The summed E-state index contributed by atoms with van der Waals surface area (Å²) < 4.78 is 70.5. The molecule has 0 heterocycles. The second kappa shape index (κ2) is 6.90. The number of alkyl halides is 3. The Morgan fingerprint density at radius 1 is 1.12 bits per heavy atom. The summed E-state index contributed by atoms with van der Waals surface area (Å²) in [6, 6.07) is 8.39. The van der Waals surface area contributed by atoms with E-state index in [-0.39, 0.29) is 5.69 Å². The van der Waals surface area contributed by atoms with Crippen LogP contribution in [0.15, 0.2) is 47.4 Å². The fourth-order valence-corrected chi connectivity index (χ4v) is 3.20. The monoisotopic (exact) mass is 379 g/mol. The van der Waals surface area contributed by atoms with Gasteiger partial charge in [-0.2, -0.15) is 13.2 Å². The first-order valence-electron chi connectivity index (χ1n) is 6.76. The summed E-state index contributed by atoms with van der Waals surface area (Å²) in [4.78, 5) is -0.534. The van der Waals surface area contributed by atoms with Gasteiger partial charge >= 0.3 is 6.18 Å². The molecule has 9 heteroatoms. The van der Waals surface area contributed by atoms with Crippen molar-refractivity contribution < 1.29 is 26.3 Å². The van der Waals surface area contributed by atoms with Gasteiger partial charge in [-0.05, 0) is 49.4 Å². The van der Waals surface area contributed by atoms with Crippen LogP contribution in [-0.4, -0.2) is 15.0 Å². The Kier molecular flexibility index (Phi) is 5.29. The van der Waals surface area contributed by atoms with Gasteiger partial charge in [-0.1, -0.05) is 11.6 Å². The standard InChI is InChI=1S/C15H13ClF3NO3S/c1-2-23-11-5-3-10(4-6-11)20-24(21,22)12-7-8-14(16)13(9-12)15(17,18)19/h3-9,20H,2H2,1H3. The third kappa shape index (κ3) is 4.33.